The van der Waals surface area contributed by atoms with E-state index >= 15 is 0 Å². The number of nitro benzene ring substituents is 1. The van der Waals surface area contributed by atoms with Crippen LogP contribution in [-0.2, 0) is 0 Å². The van der Waals surface area contributed by atoms with Crippen molar-refractivity contribution in [1.29, 1.82) is 0 Å². The van der Waals surface area contributed by atoms with Gasteiger partial charge >= 0.3 is 0 Å². The predicted molar refractivity (Wildman–Crippen MR) is 101 cm³/mol. The molecule has 2 aromatic carbocycles. The van der Waals surface area contributed by atoms with Gasteiger partial charge in [0.25, 0.3) is 5.69 Å². The number of benzene rings is 2. The summed E-state index contributed by atoms with van der Waals surface area (Å²) in [5.74, 6) is 0. The summed E-state index contributed by atoms with van der Waals surface area (Å²) >= 11 is 5.49. The Morgan fingerprint density at radius 3 is 2.42 bits per heavy atom. The molecule has 0 aromatic heterocycles. The SMILES string of the molecule is Cc1cc(C)cc(NC(=S)N(C)[C@H](C)c2cccc([N+](=O)[O-])c2)c1. The minimum Gasteiger partial charge on any atom is -0.345 e. The summed E-state index contributed by atoms with van der Waals surface area (Å²) in [6.07, 6.45) is 0. The maximum Gasteiger partial charge on any atom is 0.269 e. The van der Waals surface area contributed by atoms with Crippen molar-refractivity contribution in [2.75, 3.05) is 12.4 Å². The smallest absolute Gasteiger partial charge is 0.269 e. The van der Waals surface area contributed by atoms with E-state index in [0.717, 1.165) is 22.4 Å². The van der Waals surface area contributed by atoms with Crippen molar-refractivity contribution in [2.24, 2.45) is 0 Å². The molecule has 0 amide bonds. The molecule has 0 spiro atoms. The average Bonchev–Trinajstić information content (AvgIpc) is 2.52. The van der Waals surface area contributed by atoms with Gasteiger partial charge in [0, 0.05) is 24.9 Å². The second-order valence-electron chi connectivity index (χ2n) is 5.95. The molecule has 0 saturated heterocycles. The summed E-state index contributed by atoms with van der Waals surface area (Å²) in [4.78, 5) is 12.4. The van der Waals surface area contributed by atoms with Crippen LogP contribution in [0, 0.1) is 24.0 Å². The molecule has 0 bridgehead atoms. The van der Waals surface area contributed by atoms with Crippen molar-refractivity contribution >= 4 is 28.7 Å². The Hall–Kier alpha value is -2.47. The fourth-order valence-electron chi connectivity index (χ4n) is 2.56. The van der Waals surface area contributed by atoms with E-state index in [9.17, 15) is 10.1 Å². The van der Waals surface area contributed by atoms with Crippen LogP contribution in [0.15, 0.2) is 42.5 Å². The summed E-state index contributed by atoms with van der Waals surface area (Å²) in [5, 5.41) is 14.7. The highest BCUT2D eigenvalue weighted by molar-refractivity contribution is 7.80. The molecule has 1 N–H and O–H groups in total. The molecule has 0 unspecified atom stereocenters. The van der Waals surface area contributed by atoms with Crippen LogP contribution in [0.25, 0.3) is 0 Å². The number of aryl methyl sites for hydroxylation is 2. The zero-order valence-corrected chi connectivity index (χ0v) is 15.1. The molecule has 6 heteroatoms. The number of thiocarbonyl (C=S) groups is 1. The Morgan fingerprint density at radius 2 is 1.83 bits per heavy atom. The topological polar surface area (TPSA) is 58.4 Å². The quantitative estimate of drug-likeness (QED) is 0.499. The van der Waals surface area contributed by atoms with Gasteiger partial charge in [-0.05, 0) is 61.8 Å². The monoisotopic (exact) mass is 343 g/mol. The number of non-ortho nitro benzene ring substituents is 1. The lowest BCUT2D eigenvalue weighted by atomic mass is 10.1. The van der Waals surface area contributed by atoms with E-state index < -0.39 is 0 Å². The van der Waals surface area contributed by atoms with E-state index in [1.165, 1.54) is 6.07 Å². The summed E-state index contributed by atoms with van der Waals surface area (Å²) in [6.45, 7) is 6.04. The van der Waals surface area contributed by atoms with E-state index in [1.807, 2.05) is 50.9 Å². The molecule has 0 heterocycles. The van der Waals surface area contributed by atoms with Gasteiger partial charge in [-0.15, -0.1) is 0 Å². The highest BCUT2D eigenvalue weighted by atomic mass is 32.1. The van der Waals surface area contributed by atoms with Crippen LogP contribution in [0.5, 0.6) is 0 Å². The summed E-state index contributed by atoms with van der Waals surface area (Å²) in [7, 11) is 1.88. The molecule has 2 aromatic rings. The molecular weight excluding hydrogens is 322 g/mol. The van der Waals surface area contributed by atoms with Crippen LogP contribution in [0.2, 0.25) is 0 Å². The normalized spacial score (nSPS) is 11.7. The van der Waals surface area contributed by atoms with Crippen molar-refractivity contribution in [3.8, 4) is 0 Å². The molecule has 0 aliphatic carbocycles. The van der Waals surface area contributed by atoms with Gasteiger partial charge in [-0.1, -0.05) is 18.2 Å². The third-order valence-electron chi connectivity index (χ3n) is 3.94. The zero-order valence-electron chi connectivity index (χ0n) is 14.2. The van der Waals surface area contributed by atoms with Gasteiger partial charge < -0.3 is 10.2 Å². The first-order chi connectivity index (χ1) is 11.3. The van der Waals surface area contributed by atoms with E-state index in [0.29, 0.717) is 5.11 Å². The van der Waals surface area contributed by atoms with E-state index in [4.69, 9.17) is 12.2 Å². The first-order valence-electron chi connectivity index (χ1n) is 7.64. The number of nitrogens with zero attached hydrogens (tertiary/aromatic N) is 2. The van der Waals surface area contributed by atoms with Gasteiger partial charge in [0.1, 0.15) is 0 Å². The van der Waals surface area contributed by atoms with Gasteiger partial charge in [0.05, 0.1) is 11.0 Å². The van der Waals surface area contributed by atoms with Crippen LogP contribution >= 0.6 is 12.2 Å². The number of rotatable bonds is 4. The molecule has 0 aliphatic heterocycles. The Bertz CT molecular complexity index is 756. The van der Waals surface area contributed by atoms with Crippen molar-refractivity contribution in [3.05, 3.63) is 69.3 Å². The predicted octanol–water partition coefficient (Wildman–Crippen LogP) is 4.60. The Morgan fingerprint density at radius 1 is 1.21 bits per heavy atom. The van der Waals surface area contributed by atoms with Crippen LogP contribution in [-0.4, -0.2) is 22.0 Å². The number of nitro groups is 1. The Kier molecular flexibility index (Phi) is 5.51. The van der Waals surface area contributed by atoms with Crippen LogP contribution < -0.4 is 5.32 Å². The molecule has 0 radical (unpaired) electrons. The van der Waals surface area contributed by atoms with Crippen molar-refractivity contribution in [3.63, 3.8) is 0 Å². The third kappa shape index (κ3) is 4.29. The summed E-state index contributed by atoms with van der Waals surface area (Å²) < 4.78 is 0. The molecule has 0 aliphatic rings. The first-order valence-corrected chi connectivity index (χ1v) is 8.05. The number of hydrogen-bond donors (Lipinski definition) is 1. The standard InChI is InChI=1S/C18H21N3O2S/c1-12-8-13(2)10-16(9-12)19-18(24)20(4)14(3)15-6-5-7-17(11-15)21(22)23/h5-11,14H,1-4H3,(H,19,24)/t14-/m1/s1. The average molecular weight is 343 g/mol. The third-order valence-corrected chi connectivity index (χ3v) is 4.33. The zero-order chi connectivity index (χ0) is 17.9. The van der Waals surface area contributed by atoms with Crippen molar-refractivity contribution < 1.29 is 4.92 Å². The van der Waals surface area contributed by atoms with Crippen LogP contribution in [0.1, 0.15) is 29.7 Å². The minimum absolute atomic E-state index is 0.0842. The lowest BCUT2D eigenvalue weighted by molar-refractivity contribution is -0.384. The second kappa shape index (κ2) is 7.40. The molecular formula is C18H21N3O2S. The molecule has 5 nitrogen and oxygen atoms in total. The van der Waals surface area contributed by atoms with Crippen molar-refractivity contribution in [2.45, 2.75) is 26.8 Å². The highest BCUT2D eigenvalue weighted by Crippen LogP contribution is 2.24. The molecule has 1 atom stereocenters. The molecule has 0 fully saturated rings. The Balaban J connectivity index is 2.14. The second-order valence-corrected chi connectivity index (χ2v) is 6.33. The minimum atomic E-state index is -0.387. The fourth-order valence-corrected chi connectivity index (χ4v) is 2.83. The molecule has 24 heavy (non-hydrogen) atoms. The van der Waals surface area contributed by atoms with E-state index in [-0.39, 0.29) is 16.7 Å². The number of nitrogens with one attached hydrogen (secondary N) is 1. The van der Waals surface area contributed by atoms with Crippen molar-refractivity contribution in [1.82, 2.24) is 4.90 Å². The van der Waals surface area contributed by atoms with E-state index in [1.54, 1.807) is 12.1 Å². The van der Waals surface area contributed by atoms with E-state index in [2.05, 4.69) is 11.4 Å². The molecule has 2 rings (SSSR count). The highest BCUT2D eigenvalue weighted by Gasteiger charge is 2.17. The number of anilines is 1. The lowest BCUT2D eigenvalue weighted by Crippen LogP contribution is -2.33. The summed E-state index contributed by atoms with van der Waals surface area (Å²) in [6, 6.07) is 12.7. The van der Waals surface area contributed by atoms with Gasteiger partial charge in [-0.2, -0.15) is 0 Å². The van der Waals surface area contributed by atoms with Crippen LogP contribution in [0.3, 0.4) is 0 Å². The Labute approximate surface area is 147 Å². The van der Waals surface area contributed by atoms with Gasteiger partial charge in [-0.3, -0.25) is 10.1 Å². The number of hydrogen-bond acceptors (Lipinski definition) is 3. The maximum absolute atomic E-state index is 10.9. The molecule has 126 valence electrons. The van der Waals surface area contributed by atoms with Gasteiger partial charge in [0.15, 0.2) is 5.11 Å². The van der Waals surface area contributed by atoms with Crippen LogP contribution in [0.4, 0.5) is 11.4 Å². The lowest BCUT2D eigenvalue weighted by Gasteiger charge is -2.28. The van der Waals surface area contributed by atoms with Gasteiger partial charge in [0.2, 0.25) is 0 Å². The largest absolute Gasteiger partial charge is 0.345 e. The van der Waals surface area contributed by atoms with Gasteiger partial charge in [-0.25, -0.2) is 0 Å². The first kappa shape index (κ1) is 17.9. The summed E-state index contributed by atoms with van der Waals surface area (Å²) in [5.41, 5.74) is 4.19. The molecule has 0 saturated carbocycles. The fraction of sp³-hybridized carbons (Fsp3) is 0.278. The maximum atomic E-state index is 10.9.